The summed E-state index contributed by atoms with van der Waals surface area (Å²) in [5.74, 6) is -0.474. The number of nitrogens with zero attached hydrogens (tertiary/aromatic N) is 3. The first-order valence-electron chi connectivity index (χ1n) is 6.45. The molecule has 3 aromatic rings. The number of esters is 1. The smallest absolute Gasteiger partial charge is 0.356 e. The molecule has 0 unspecified atom stereocenters. The third kappa shape index (κ3) is 2.45. The third-order valence-electron chi connectivity index (χ3n) is 3.25. The van der Waals surface area contributed by atoms with E-state index in [0.29, 0.717) is 5.69 Å². The van der Waals surface area contributed by atoms with Gasteiger partial charge in [-0.25, -0.2) is 14.8 Å². The summed E-state index contributed by atoms with van der Waals surface area (Å²) in [6, 6.07) is 9.52. The Kier molecular flexibility index (Phi) is 3.31. The zero-order chi connectivity index (χ0) is 14.8. The Morgan fingerprint density at radius 1 is 1.14 bits per heavy atom. The minimum atomic E-state index is -0.474. The molecule has 104 valence electrons. The van der Waals surface area contributed by atoms with Crippen LogP contribution in [-0.2, 0) is 4.74 Å². The lowest BCUT2D eigenvalue weighted by Gasteiger charge is -2.07. The van der Waals surface area contributed by atoms with E-state index in [1.807, 2.05) is 31.2 Å². The number of aromatic nitrogens is 3. The maximum Gasteiger partial charge on any atom is 0.356 e. The number of methoxy groups -OCH3 is 1. The Bertz CT molecular complexity index is 831. The molecule has 0 spiro atoms. The number of carbonyl (C=O) groups excluding carboxylic acids is 1. The number of hydrogen-bond donors (Lipinski definition) is 0. The number of ether oxygens (including phenoxy) is 1. The Morgan fingerprint density at radius 2 is 2.00 bits per heavy atom. The molecule has 0 atom stereocenters. The van der Waals surface area contributed by atoms with Gasteiger partial charge in [0.15, 0.2) is 5.69 Å². The van der Waals surface area contributed by atoms with Crippen molar-refractivity contribution in [2.45, 2.75) is 6.92 Å². The highest BCUT2D eigenvalue weighted by Crippen LogP contribution is 2.25. The van der Waals surface area contributed by atoms with E-state index in [-0.39, 0.29) is 5.69 Å². The lowest BCUT2D eigenvalue weighted by Crippen LogP contribution is -2.04. The molecule has 0 radical (unpaired) electrons. The van der Waals surface area contributed by atoms with Crippen LogP contribution in [0.2, 0.25) is 0 Å². The first kappa shape index (κ1) is 13.2. The van der Waals surface area contributed by atoms with Gasteiger partial charge in [-0.3, -0.25) is 4.98 Å². The summed E-state index contributed by atoms with van der Waals surface area (Å²) in [7, 11) is 1.33. The van der Waals surface area contributed by atoms with Crippen molar-refractivity contribution in [2.24, 2.45) is 0 Å². The van der Waals surface area contributed by atoms with E-state index in [2.05, 4.69) is 19.7 Å². The maximum atomic E-state index is 11.6. The highest BCUT2D eigenvalue weighted by atomic mass is 16.5. The van der Waals surface area contributed by atoms with Crippen LogP contribution in [-0.4, -0.2) is 28.0 Å². The molecule has 0 bridgehead atoms. The molecule has 0 amide bonds. The van der Waals surface area contributed by atoms with Crippen LogP contribution in [0.15, 0.2) is 42.9 Å². The van der Waals surface area contributed by atoms with Gasteiger partial charge in [0.05, 0.1) is 18.3 Å². The average Bonchev–Trinajstić information content (AvgIpc) is 2.54. The normalized spacial score (nSPS) is 10.6. The molecule has 1 aromatic carbocycles. The average molecular weight is 279 g/mol. The van der Waals surface area contributed by atoms with Crippen LogP contribution in [0, 0.1) is 6.92 Å². The van der Waals surface area contributed by atoms with Crippen molar-refractivity contribution >= 4 is 16.9 Å². The molecule has 0 saturated carbocycles. The van der Waals surface area contributed by atoms with Crippen LogP contribution in [0.25, 0.3) is 22.2 Å². The number of rotatable bonds is 2. The Hall–Kier alpha value is -2.82. The first-order valence-corrected chi connectivity index (χ1v) is 6.45. The van der Waals surface area contributed by atoms with E-state index in [1.54, 1.807) is 12.3 Å². The fraction of sp³-hybridized carbons (Fsp3) is 0.125. The van der Waals surface area contributed by atoms with E-state index < -0.39 is 5.97 Å². The van der Waals surface area contributed by atoms with Crippen molar-refractivity contribution in [2.75, 3.05) is 7.11 Å². The standard InChI is InChI=1S/C16H13N3O2/c1-10-6-12(7-11-4-3-5-17-15(10)11)13-8-14(16(20)21-2)19-9-18-13/h3-9H,1-2H3. The van der Waals surface area contributed by atoms with Gasteiger partial charge in [-0.1, -0.05) is 6.07 Å². The maximum absolute atomic E-state index is 11.6. The van der Waals surface area contributed by atoms with Crippen LogP contribution in [0.4, 0.5) is 0 Å². The zero-order valence-electron chi connectivity index (χ0n) is 11.7. The summed E-state index contributed by atoms with van der Waals surface area (Å²) in [6.45, 7) is 2.00. The molecule has 0 aliphatic heterocycles. The molecule has 0 saturated heterocycles. The van der Waals surface area contributed by atoms with Crippen molar-refractivity contribution in [1.29, 1.82) is 0 Å². The molecular formula is C16H13N3O2. The second-order valence-electron chi connectivity index (χ2n) is 4.65. The minimum Gasteiger partial charge on any atom is -0.464 e. The van der Waals surface area contributed by atoms with Gasteiger partial charge in [-0.05, 0) is 36.8 Å². The number of pyridine rings is 1. The van der Waals surface area contributed by atoms with Gasteiger partial charge < -0.3 is 4.74 Å². The number of aryl methyl sites for hydroxylation is 1. The van der Waals surface area contributed by atoms with Crippen LogP contribution in [0.5, 0.6) is 0 Å². The molecule has 2 heterocycles. The van der Waals surface area contributed by atoms with Crippen molar-refractivity contribution in [1.82, 2.24) is 15.0 Å². The van der Waals surface area contributed by atoms with Crippen LogP contribution >= 0.6 is 0 Å². The van der Waals surface area contributed by atoms with E-state index >= 15 is 0 Å². The first-order chi connectivity index (χ1) is 10.2. The highest BCUT2D eigenvalue weighted by Gasteiger charge is 2.11. The summed E-state index contributed by atoms with van der Waals surface area (Å²) in [6.07, 6.45) is 3.14. The topological polar surface area (TPSA) is 65.0 Å². The molecule has 5 nitrogen and oxygen atoms in total. The van der Waals surface area contributed by atoms with Crippen molar-refractivity contribution in [3.8, 4) is 11.3 Å². The molecular weight excluding hydrogens is 266 g/mol. The van der Waals surface area contributed by atoms with Gasteiger partial charge >= 0.3 is 5.97 Å². The fourth-order valence-corrected chi connectivity index (χ4v) is 2.25. The molecule has 21 heavy (non-hydrogen) atoms. The molecule has 0 N–H and O–H groups in total. The SMILES string of the molecule is COC(=O)c1cc(-c2cc(C)c3ncccc3c2)ncn1. The fourth-order valence-electron chi connectivity index (χ4n) is 2.25. The third-order valence-corrected chi connectivity index (χ3v) is 3.25. The predicted octanol–water partition coefficient (Wildman–Crippen LogP) is 2.79. The number of carbonyl (C=O) groups is 1. The van der Waals surface area contributed by atoms with Gasteiger partial charge in [0.2, 0.25) is 0 Å². The van der Waals surface area contributed by atoms with Crippen molar-refractivity contribution in [3.05, 3.63) is 54.1 Å². The zero-order valence-corrected chi connectivity index (χ0v) is 11.7. The molecule has 2 aromatic heterocycles. The lowest BCUT2D eigenvalue weighted by atomic mass is 10.0. The second-order valence-corrected chi connectivity index (χ2v) is 4.65. The van der Waals surface area contributed by atoms with Gasteiger partial charge in [0.25, 0.3) is 0 Å². The quantitative estimate of drug-likeness (QED) is 0.675. The van der Waals surface area contributed by atoms with E-state index in [1.165, 1.54) is 13.4 Å². The Balaban J connectivity index is 2.14. The van der Waals surface area contributed by atoms with Gasteiger partial charge in [0, 0.05) is 17.1 Å². The molecule has 0 aliphatic rings. The van der Waals surface area contributed by atoms with E-state index in [0.717, 1.165) is 22.0 Å². The highest BCUT2D eigenvalue weighted by molar-refractivity contribution is 5.90. The predicted molar refractivity (Wildman–Crippen MR) is 78.8 cm³/mol. The minimum absolute atomic E-state index is 0.242. The second kappa shape index (κ2) is 5.28. The Labute approximate surface area is 121 Å². The molecule has 0 fully saturated rings. The summed E-state index contributed by atoms with van der Waals surface area (Å²) in [4.78, 5) is 24.1. The molecule has 5 heteroatoms. The summed E-state index contributed by atoms with van der Waals surface area (Å²) < 4.78 is 4.68. The van der Waals surface area contributed by atoms with Crippen molar-refractivity contribution in [3.63, 3.8) is 0 Å². The number of benzene rings is 1. The number of fused-ring (bicyclic) bond motifs is 1. The number of hydrogen-bond acceptors (Lipinski definition) is 5. The van der Waals surface area contributed by atoms with Crippen LogP contribution in [0.3, 0.4) is 0 Å². The molecule has 3 rings (SSSR count). The lowest BCUT2D eigenvalue weighted by molar-refractivity contribution is 0.0594. The van der Waals surface area contributed by atoms with E-state index in [9.17, 15) is 4.79 Å². The van der Waals surface area contributed by atoms with E-state index in [4.69, 9.17) is 0 Å². The summed E-state index contributed by atoms with van der Waals surface area (Å²) in [5.41, 5.74) is 3.86. The van der Waals surface area contributed by atoms with Gasteiger partial charge in [-0.15, -0.1) is 0 Å². The summed E-state index contributed by atoms with van der Waals surface area (Å²) in [5, 5.41) is 1.03. The van der Waals surface area contributed by atoms with Gasteiger partial charge in [-0.2, -0.15) is 0 Å². The summed E-state index contributed by atoms with van der Waals surface area (Å²) >= 11 is 0. The van der Waals surface area contributed by atoms with Crippen LogP contribution in [0.1, 0.15) is 16.1 Å². The monoisotopic (exact) mass is 279 g/mol. The van der Waals surface area contributed by atoms with Crippen molar-refractivity contribution < 1.29 is 9.53 Å². The Morgan fingerprint density at radius 3 is 2.81 bits per heavy atom. The van der Waals surface area contributed by atoms with Gasteiger partial charge in [0.1, 0.15) is 6.33 Å². The van der Waals surface area contributed by atoms with Crippen LogP contribution < -0.4 is 0 Å². The molecule has 0 aliphatic carbocycles. The largest absolute Gasteiger partial charge is 0.464 e.